The van der Waals surface area contributed by atoms with Gasteiger partial charge in [-0.25, -0.2) is 0 Å². The highest BCUT2D eigenvalue weighted by Gasteiger charge is 2.13. The van der Waals surface area contributed by atoms with E-state index in [0.29, 0.717) is 21.6 Å². The first kappa shape index (κ1) is 14.3. The Bertz CT molecular complexity index is 406. The summed E-state index contributed by atoms with van der Waals surface area (Å²) in [7, 11) is 0. The van der Waals surface area contributed by atoms with Crippen molar-refractivity contribution in [2.75, 3.05) is 6.54 Å². The predicted molar refractivity (Wildman–Crippen MR) is 76.0 cm³/mol. The number of rotatable bonds is 4. The average Bonchev–Trinajstić information content (AvgIpc) is 2.23. The van der Waals surface area contributed by atoms with Crippen molar-refractivity contribution in [2.24, 2.45) is 0 Å². The van der Waals surface area contributed by atoms with E-state index in [1.165, 1.54) is 0 Å². The monoisotopic (exact) mass is 341 g/mol. The summed E-state index contributed by atoms with van der Waals surface area (Å²) < 4.78 is 0.885. The molecule has 1 rings (SSSR count). The van der Waals surface area contributed by atoms with E-state index in [4.69, 9.17) is 34.8 Å². The average molecular weight is 343 g/mol. The highest BCUT2D eigenvalue weighted by molar-refractivity contribution is 9.11. The maximum atomic E-state index is 6.12. The lowest BCUT2D eigenvalue weighted by molar-refractivity contribution is 0.616. The van der Waals surface area contributed by atoms with Gasteiger partial charge in [0.05, 0.1) is 15.1 Å². The molecule has 0 aliphatic rings. The molecule has 0 heterocycles. The topological polar surface area (TPSA) is 12.0 Å². The summed E-state index contributed by atoms with van der Waals surface area (Å²) in [5.41, 5.74) is 0.921. The van der Waals surface area contributed by atoms with Gasteiger partial charge in [0, 0.05) is 17.1 Å². The first-order valence-corrected chi connectivity index (χ1v) is 6.56. The van der Waals surface area contributed by atoms with Gasteiger partial charge < -0.3 is 5.32 Å². The summed E-state index contributed by atoms with van der Waals surface area (Å²) in [6.07, 6.45) is 0. The van der Waals surface area contributed by atoms with Gasteiger partial charge in [0.15, 0.2) is 0 Å². The van der Waals surface area contributed by atoms with E-state index in [1.807, 2.05) is 13.0 Å². The number of hydrogen-bond acceptors (Lipinski definition) is 1. The maximum Gasteiger partial charge on any atom is 0.0781 e. The van der Waals surface area contributed by atoms with E-state index < -0.39 is 0 Å². The quantitative estimate of drug-likeness (QED) is 0.740. The molecular weight excluding hydrogens is 332 g/mol. The third-order valence-electron chi connectivity index (χ3n) is 2.13. The van der Waals surface area contributed by atoms with Gasteiger partial charge >= 0.3 is 0 Å². The third-order valence-corrected chi connectivity index (χ3v) is 3.72. The first-order chi connectivity index (χ1) is 7.43. The SMILES string of the molecule is C=C(Br)CNC(C)c1ccc(Cl)c(Cl)c1Cl. The molecule has 0 amide bonds. The van der Waals surface area contributed by atoms with E-state index in [0.717, 1.165) is 10.0 Å². The molecule has 0 radical (unpaired) electrons. The number of nitrogens with one attached hydrogen (secondary N) is 1. The fourth-order valence-electron chi connectivity index (χ4n) is 1.25. The van der Waals surface area contributed by atoms with Gasteiger partial charge in [-0.3, -0.25) is 0 Å². The molecule has 0 fully saturated rings. The molecule has 0 spiro atoms. The van der Waals surface area contributed by atoms with Crippen molar-refractivity contribution >= 4 is 50.7 Å². The molecule has 0 aliphatic heterocycles. The molecule has 0 saturated carbocycles. The van der Waals surface area contributed by atoms with Gasteiger partial charge in [-0.1, -0.05) is 63.4 Å². The summed E-state index contributed by atoms with van der Waals surface area (Å²) in [5.74, 6) is 0. The third kappa shape index (κ3) is 3.64. The van der Waals surface area contributed by atoms with Crippen LogP contribution in [0.5, 0.6) is 0 Å². The molecule has 0 saturated heterocycles. The van der Waals surface area contributed by atoms with Gasteiger partial charge in [0.1, 0.15) is 0 Å². The first-order valence-electron chi connectivity index (χ1n) is 4.63. The Morgan fingerprint density at radius 1 is 1.38 bits per heavy atom. The Hall–Kier alpha value is 0.270. The predicted octanol–water partition coefficient (Wildman–Crippen LogP) is 5.21. The van der Waals surface area contributed by atoms with Crippen LogP contribution in [0.2, 0.25) is 15.1 Å². The second kappa shape index (κ2) is 6.27. The molecule has 1 nitrogen and oxygen atoms in total. The second-order valence-electron chi connectivity index (χ2n) is 3.38. The van der Waals surface area contributed by atoms with Crippen molar-refractivity contribution in [2.45, 2.75) is 13.0 Å². The Kier molecular flexibility index (Phi) is 5.62. The van der Waals surface area contributed by atoms with Crippen molar-refractivity contribution in [1.29, 1.82) is 0 Å². The van der Waals surface area contributed by atoms with Crippen LogP contribution in [0.25, 0.3) is 0 Å². The van der Waals surface area contributed by atoms with Crippen LogP contribution in [0.15, 0.2) is 23.2 Å². The molecule has 1 unspecified atom stereocenters. The van der Waals surface area contributed by atoms with Gasteiger partial charge in [-0.2, -0.15) is 0 Å². The minimum Gasteiger partial charge on any atom is -0.306 e. The lowest BCUT2D eigenvalue weighted by Gasteiger charge is -2.16. The molecule has 0 bridgehead atoms. The van der Waals surface area contributed by atoms with Crippen molar-refractivity contribution < 1.29 is 0 Å². The van der Waals surface area contributed by atoms with Crippen LogP contribution < -0.4 is 5.32 Å². The molecule has 88 valence electrons. The van der Waals surface area contributed by atoms with Crippen molar-refractivity contribution in [3.63, 3.8) is 0 Å². The highest BCUT2D eigenvalue weighted by atomic mass is 79.9. The Balaban J connectivity index is 2.87. The van der Waals surface area contributed by atoms with E-state index in [2.05, 4.69) is 27.8 Å². The molecule has 0 aromatic heterocycles. The van der Waals surface area contributed by atoms with E-state index in [-0.39, 0.29) is 6.04 Å². The molecular formula is C11H11BrCl3N. The minimum atomic E-state index is 0.0802. The zero-order valence-corrected chi connectivity index (χ0v) is 12.5. The van der Waals surface area contributed by atoms with Gasteiger partial charge in [-0.05, 0) is 18.6 Å². The number of benzene rings is 1. The smallest absolute Gasteiger partial charge is 0.0781 e. The molecule has 1 atom stereocenters. The molecule has 16 heavy (non-hydrogen) atoms. The standard InChI is InChI=1S/C11H11BrCl3N/c1-6(12)5-16-7(2)8-3-4-9(13)11(15)10(8)14/h3-4,7,16H,1,5H2,2H3. The normalized spacial score (nSPS) is 12.6. The van der Waals surface area contributed by atoms with Gasteiger partial charge in [0.2, 0.25) is 0 Å². The van der Waals surface area contributed by atoms with Gasteiger partial charge in [-0.15, -0.1) is 0 Å². The number of halogens is 4. The van der Waals surface area contributed by atoms with Crippen LogP contribution in [0.3, 0.4) is 0 Å². The Morgan fingerprint density at radius 2 is 2.00 bits per heavy atom. The molecule has 5 heteroatoms. The summed E-state index contributed by atoms with van der Waals surface area (Å²) >= 11 is 21.2. The summed E-state index contributed by atoms with van der Waals surface area (Å²) in [6.45, 7) is 6.41. The fourth-order valence-corrected chi connectivity index (χ4v) is 2.12. The van der Waals surface area contributed by atoms with Crippen LogP contribution in [-0.2, 0) is 0 Å². The lowest BCUT2D eigenvalue weighted by Crippen LogP contribution is -2.20. The summed E-state index contributed by atoms with van der Waals surface area (Å²) in [6, 6.07) is 3.69. The second-order valence-corrected chi connectivity index (χ2v) is 5.67. The summed E-state index contributed by atoms with van der Waals surface area (Å²) in [4.78, 5) is 0. The zero-order chi connectivity index (χ0) is 12.3. The van der Waals surface area contributed by atoms with Crippen LogP contribution in [0, 0.1) is 0 Å². The minimum absolute atomic E-state index is 0.0802. The number of hydrogen-bond donors (Lipinski definition) is 1. The largest absolute Gasteiger partial charge is 0.306 e. The van der Waals surface area contributed by atoms with Crippen molar-refractivity contribution in [1.82, 2.24) is 5.32 Å². The molecule has 0 aliphatic carbocycles. The van der Waals surface area contributed by atoms with E-state index in [1.54, 1.807) is 6.07 Å². The van der Waals surface area contributed by atoms with Gasteiger partial charge in [0.25, 0.3) is 0 Å². The fraction of sp³-hybridized carbons (Fsp3) is 0.273. The highest BCUT2D eigenvalue weighted by Crippen LogP contribution is 2.35. The molecule has 1 aromatic rings. The lowest BCUT2D eigenvalue weighted by atomic mass is 10.1. The molecule has 1 aromatic carbocycles. The Labute approximate surface area is 119 Å². The Morgan fingerprint density at radius 3 is 2.56 bits per heavy atom. The zero-order valence-electron chi connectivity index (χ0n) is 8.66. The van der Waals surface area contributed by atoms with Crippen LogP contribution in [0.4, 0.5) is 0 Å². The van der Waals surface area contributed by atoms with Crippen molar-refractivity contribution in [3.8, 4) is 0 Å². The van der Waals surface area contributed by atoms with E-state index in [9.17, 15) is 0 Å². The van der Waals surface area contributed by atoms with Crippen LogP contribution in [0.1, 0.15) is 18.5 Å². The summed E-state index contributed by atoms with van der Waals surface area (Å²) in [5, 5.41) is 4.61. The van der Waals surface area contributed by atoms with E-state index >= 15 is 0 Å². The maximum absolute atomic E-state index is 6.12. The van der Waals surface area contributed by atoms with Crippen LogP contribution >= 0.6 is 50.7 Å². The molecule has 1 N–H and O–H groups in total. The van der Waals surface area contributed by atoms with Crippen LogP contribution in [-0.4, -0.2) is 6.54 Å². The van der Waals surface area contributed by atoms with Crippen molar-refractivity contribution in [3.05, 3.63) is 43.8 Å².